The maximum Gasteiger partial charge on any atom is 0.163 e. The van der Waals surface area contributed by atoms with Crippen LogP contribution < -0.4 is 4.90 Å². The highest BCUT2D eigenvalue weighted by molar-refractivity contribution is 6.18. The number of hydrogen-bond acceptors (Lipinski definition) is 3. The van der Waals surface area contributed by atoms with Crippen LogP contribution in [0, 0.1) is 0 Å². The summed E-state index contributed by atoms with van der Waals surface area (Å²) in [6.45, 7) is 2.78. The van der Waals surface area contributed by atoms with Crippen LogP contribution in [-0.4, -0.2) is 18.6 Å². The molecule has 0 aromatic heterocycles. The highest BCUT2D eigenvalue weighted by Crippen LogP contribution is 2.11. The summed E-state index contributed by atoms with van der Waals surface area (Å²) in [5.74, 6) is -0.427. The van der Waals surface area contributed by atoms with Crippen molar-refractivity contribution >= 4 is 17.3 Å². The third kappa shape index (κ3) is 4.01. The molecule has 0 heterocycles. The number of nitrogens with zero attached hydrogens (tertiary/aromatic N) is 1. The van der Waals surface area contributed by atoms with Crippen LogP contribution in [0.5, 0.6) is 0 Å². The second-order valence-electron chi connectivity index (χ2n) is 3.98. The quantitative estimate of drug-likeness (QED) is 0.345. The van der Waals surface area contributed by atoms with Crippen molar-refractivity contribution in [3.63, 3.8) is 0 Å². The molecule has 1 rings (SSSR count). The lowest BCUT2D eigenvalue weighted by molar-refractivity contribution is -0.119. The van der Waals surface area contributed by atoms with Crippen LogP contribution in [0.15, 0.2) is 54.3 Å². The van der Waals surface area contributed by atoms with Crippen LogP contribution in [0.3, 0.4) is 0 Å². The number of anilines is 1. The molecule has 3 nitrogen and oxygen atoms in total. The molecule has 0 saturated heterocycles. The molecule has 0 N–H and O–H groups in total. The number of Topliss-reactive ketones (excluding diaryl/α,β-unsaturated/α-hetero) is 2. The number of ketones is 2. The highest BCUT2D eigenvalue weighted by Gasteiger charge is 2.07. The Morgan fingerprint density at radius 3 is 2.11 bits per heavy atom. The minimum atomic E-state index is -0.213. The number of allylic oxidation sites excluding steroid dienone is 3. The first kappa shape index (κ1) is 13.9. The molecule has 94 valence electrons. The SMILES string of the molecule is CC(=O)C(=C/C=C/N(C)c1ccccc1)C(C)=O. The third-order valence-corrected chi connectivity index (χ3v) is 2.49. The number of benzene rings is 1. The molecule has 0 saturated carbocycles. The Morgan fingerprint density at radius 1 is 1.06 bits per heavy atom. The molecule has 3 heteroatoms. The summed E-state index contributed by atoms with van der Waals surface area (Å²) in [4.78, 5) is 24.3. The Balaban J connectivity index is 2.78. The molecule has 0 aliphatic heterocycles. The van der Waals surface area contributed by atoms with Gasteiger partial charge in [0.2, 0.25) is 0 Å². The van der Waals surface area contributed by atoms with E-state index in [1.165, 1.54) is 13.8 Å². The lowest BCUT2D eigenvalue weighted by Gasteiger charge is -2.12. The fourth-order valence-corrected chi connectivity index (χ4v) is 1.50. The van der Waals surface area contributed by atoms with Crippen molar-refractivity contribution in [3.8, 4) is 0 Å². The van der Waals surface area contributed by atoms with Crippen molar-refractivity contribution in [3.05, 3.63) is 54.3 Å². The molecule has 0 amide bonds. The van der Waals surface area contributed by atoms with Gasteiger partial charge in [-0.1, -0.05) is 18.2 Å². The minimum absolute atomic E-state index is 0.213. The molecule has 0 unspecified atom stereocenters. The van der Waals surface area contributed by atoms with Crippen molar-refractivity contribution in [1.82, 2.24) is 0 Å². The third-order valence-electron chi connectivity index (χ3n) is 2.49. The molecule has 0 radical (unpaired) electrons. The van der Waals surface area contributed by atoms with Crippen molar-refractivity contribution in [2.45, 2.75) is 13.8 Å². The lowest BCUT2D eigenvalue weighted by Crippen LogP contribution is -2.08. The van der Waals surface area contributed by atoms with Gasteiger partial charge in [0.15, 0.2) is 11.6 Å². The van der Waals surface area contributed by atoms with Crippen molar-refractivity contribution in [1.29, 1.82) is 0 Å². The molecule has 0 aliphatic rings. The summed E-state index contributed by atoms with van der Waals surface area (Å²) in [5.41, 5.74) is 1.25. The first-order chi connectivity index (χ1) is 8.52. The normalized spacial score (nSPS) is 10.2. The van der Waals surface area contributed by atoms with E-state index >= 15 is 0 Å². The van der Waals surface area contributed by atoms with Gasteiger partial charge in [-0.2, -0.15) is 0 Å². The zero-order valence-electron chi connectivity index (χ0n) is 10.9. The molecular formula is C15H17NO2. The second-order valence-corrected chi connectivity index (χ2v) is 3.98. The first-order valence-electron chi connectivity index (χ1n) is 5.70. The van der Waals surface area contributed by atoms with Crippen LogP contribution in [0.1, 0.15) is 13.8 Å². The summed E-state index contributed by atoms with van der Waals surface area (Å²) in [5, 5.41) is 0. The van der Waals surface area contributed by atoms with E-state index in [2.05, 4.69) is 0 Å². The maximum atomic E-state index is 11.2. The Morgan fingerprint density at radius 2 is 1.61 bits per heavy atom. The van der Waals surface area contributed by atoms with Gasteiger partial charge >= 0.3 is 0 Å². The summed E-state index contributed by atoms with van der Waals surface area (Å²) < 4.78 is 0. The fourth-order valence-electron chi connectivity index (χ4n) is 1.50. The summed E-state index contributed by atoms with van der Waals surface area (Å²) >= 11 is 0. The Bertz CT molecular complexity index is 470. The van der Waals surface area contributed by atoms with Crippen molar-refractivity contribution in [2.24, 2.45) is 0 Å². The zero-order chi connectivity index (χ0) is 13.5. The molecule has 1 aromatic rings. The van der Waals surface area contributed by atoms with Crippen molar-refractivity contribution < 1.29 is 9.59 Å². The number of carbonyl (C=O) groups is 2. The molecule has 0 aliphatic carbocycles. The van der Waals surface area contributed by atoms with E-state index in [0.717, 1.165) is 5.69 Å². The van der Waals surface area contributed by atoms with Gasteiger partial charge in [-0.25, -0.2) is 0 Å². The van der Waals surface area contributed by atoms with E-state index in [1.807, 2.05) is 42.3 Å². The van der Waals surface area contributed by atoms with Gasteiger partial charge in [0.25, 0.3) is 0 Å². The molecule has 0 bridgehead atoms. The van der Waals surface area contributed by atoms with E-state index < -0.39 is 0 Å². The van der Waals surface area contributed by atoms with E-state index in [-0.39, 0.29) is 17.1 Å². The summed E-state index contributed by atoms with van der Waals surface area (Å²) in [6, 6.07) is 9.80. The minimum Gasteiger partial charge on any atom is -0.351 e. The van der Waals surface area contributed by atoms with Gasteiger partial charge in [0.05, 0.1) is 5.57 Å². The monoisotopic (exact) mass is 243 g/mol. The second kappa shape index (κ2) is 6.55. The molecule has 1 aromatic carbocycles. The molecular weight excluding hydrogens is 226 g/mol. The van der Waals surface area contributed by atoms with Crippen LogP contribution in [0.25, 0.3) is 0 Å². The van der Waals surface area contributed by atoms with Crippen molar-refractivity contribution in [2.75, 3.05) is 11.9 Å². The van der Waals surface area contributed by atoms with Gasteiger partial charge in [0, 0.05) is 18.9 Å². The van der Waals surface area contributed by atoms with Crippen LogP contribution >= 0.6 is 0 Å². The Labute approximate surface area is 107 Å². The number of rotatable bonds is 5. The number of hydrogen-bond donors (Lipinski definition) is 0. The maximum absolute atomic E-state index is 11.2. The fraction of sp³-hybridized carbons (Fsp3) is 0.200. The number of para-hydroxylation sites is 1. The molecule has 0 spiro atoms. The Kier molecular flexibility index (Phi) is 5.06. The van der Waals surface area contributed by atoms with Gasteiger partial charge in [-0.3, -0.25) is 9.59 Å². The first-order valence-corrected chi connectivity index (χ1v) is 5.70. The smallest absolute Gasteiger partial charge is 0.163 e. The van der Waals surface area contributed by atoms with Gasteiger partial charge in [0.1, 0.15) is 0 Å². The van der Waals surface area contributed by atoms with E-state index in [4.69, 9.17) is 0 Å². The van der Waals surface area contributed by atoms with Crippen LogP contribution in [-0.2, 0) is 9.59 Å². The van der Waals surface area contributed by atoms with E-state index in [1.54, 1.807) is 18.4 Å². The van der Waals surface area contributed by atoms with Gasteiger partial charge in [-0.05, 0) is 38.1 Å². The average Bonchev–Trinajstić information content (AvgIpc) is 2.34. The van der Waals surface area contributed by atoms with Crippen LogP contribution in [0.4, 0.5) is 5.69 Å². The standard InChI is InChI=1S/C15H17NO2/c1-12(17)15(13(2)18)10-7-11-16(3)14-8-5-4-6-9-14/h4-11H,1-3H3/b11-7+. The molecule has 0 fully saturated rings. The van der Waals surface area contributed by atoms with E-state index in [9.17, 15) is 9.59 Å². The van der Waals surface area contributed by atoms with E-state index in [0.29, 0.717) is 0 Å². The van der Waals surface area contributed by atoms with Crippen LogP contribution in [0.2, 0.25) is 0 Å². The average molecular weight is 243 g/mol. The zero-order valence-corrected chi connectivity index (χ0v) is 10.9. The summed E-state index contributed by atoms with van der Waals surface area (Å²) in [7, 11) is 1.90. The highest BCUT2D eigenvalue weighted by atomic mass is 16.1. The summed E-state index contributed by atoms with van der Waals surface area (Å²) in [6.07, 6.45) is 5.05. The lowest BCUT2D eigenvalue weighted by atomic mass is 10.1. The number of carbonyl (C=O) groups excluding carboxylic acids is 2. The van der Waals surface area contributed by atoms with Gasteiger partial charge < -0.3 is 4.90 Å². The molecule has 18 heavy (non-hydrogen) atoms. The predicted octanol–water partition coefficient (Wildman–Crippen LogP) is 2.74. The molecule has 0 atom stereocenters. The Hall–Kier alpha value is -2.16. The largest absolute Gasteiger partial charge is 0.351 e. The predicted molar refractivity (Wildman–Crippen MR) is 73.4 cm³/mol. The van der Waals surface area contributed by atoms with Gasteiger partial charge in [-0.15, -0.1) is 0 Å². The topological polar surface area (TPSA) is 37.4 Å².